The molecular formula is C14H11FN2O3S. The van der Waals surface area contributed by atoms with E-state index in [-0.39, 0.29) is 22.9 Å². The van der Waals surface area contributed by atoms with Gasteiger partial charge in [-0.25, -0.2) is 9.18 Å². The Morgan fingerprint density at radius 2 is 1.95 bits per heavy atom. The van der Waals surface area contributed by atoms with Crippen LogP contribution in [-0.4, -0.2) is 27.7 Å². The van der Waals surface area contributed by atoms with Gasteiger partial charge in [0.1, 0.15) is 5.82 Å². The number of hydrogen-bond donors (Lipinski definition) is 2. The molecule has 1 aromatic heterocycles. The molecule has 0 aliphatic rings. The van der Waals surface area contributed by atoms with Crippen molar-refractivity contribution in [2.45, 2.75) is 4.90 Å². The summed E-state index contributed by atoms with van der Waals surface area (Å²) in [5.74, 6) is -2.23. The molecule has 108 valence electrons. The van der Waals surface area contributed by atoms with E-state index in [1.165, 1.54) is 17.8 Å². The molecule has 0 radical (unpaired) electrons. The first-order valence-electron chi connectivity index (χ1n) is 5.92. The maximum atomic E-state index is 13.0. The maximum Gasteiger partial charge on any atom is 0.337 e. The lowest BCUT2D eigenvalue weighted by Crippen LogP contribution is -2.16. The normalized spacial score (nSPS) is 10.1. The number of hydrogen-bond acceptors (Lipinski definition) is 4. The zero-order chi connectivity index (χ0) is 15.2. The number of carbonyl (C=O) groups excluding carboxylic acids is 1. The molecule has 1 aromatic carbocycles. The van der Waals surface area contributed by atoms with E-state index in [1.807, 2.05) is 0 Å². The second-order valence-corrected chi connectivity index (χ2v) is 5.06. The molecule has 0 spiro atoms. The van der Waals surface area contributed by atoms with Crippen molar-refractivity contribution in [3.63, 3.8) is 0 Å². The molecule has 2 aromatic rings. The molecule has 0 saturated heterocycles. The Hall–Kier alpha value is -2.41. The van der Waals surface area contributed by atoms with Crippen molar-refractivity contribution in [1.82, 2.24) is 4.98 Å². The van der Waals surface area contributed by atoms with Crippen LogP contribution in [0, 0.1) is 5.82 Å². The fourth-order valence-electron chi connectivity index (χ4n) is 1.57. The number of halogens is 1. The minimum Gasteiger partial charge on any atom is -0.478 e. The van der Waals surface area contributed by atoms with E-state index < -0.39 is 11.8 Å². The largest absolute Gasteiger partial charge is 0.478 e. The Balaban J connectivity index is 2.01. The Labute approximate surface area is 124 Å². The van der Waals surface area contributed by atoms with Crippen LogP contribution in [0.4, 0.5) is 10.1 Å². The van der Waals surface area contributed by atoms with Gasteiger partial charge >= 0.3 is 5.97 Å². The second-order valence-electron chi connectivity index (χ2n) is 4.01. The molecule has 1 amide bonds. The molecular weight excluding hydrogens is 295 g/mol. The summed E-state index contributed by atoms with van der Waals surface area (Å²) in [6.45, 7) is 0. The number of nitrogens with zero attached hydrogens (tertiary/aromatic N) is 1. The third-order valence-corrected chi connectivity index (χ3v) is 3.52. The number of aromatic nitrogens is 1. The number of carboxylic acids is 1. The standard InChI is InChI=1S/C14H11FN2O3S/c15-9-1-2-12(11(7-9)14(19)20)17-13(18)8-21-10-3-5-16-6-4-10/h1-7H,8H2,(H,17,18)(H,19,20). The minimum absolute atomic E-state index is 0.0734. The average Bonchev–Trinajstić information content (AvgIpc) is 2.48. The van der Waals surface area contributed by atoms with Gasteiger partial charge in [-0.15, -0.1) is 11.8 Å². The predicted molar refractivity (Wildman–Crippen MR) is 77.0 cm³/mol. The quantitative estimate of drug-likeness (QED) is 0.830. The van der Waals surface area contributed by atoms with Crippen LogP contribution in [0.25, 0.3) is 0 Å². The van der Waals surface area contributed by atoms with Crippen LogP contribution in [0.15, 0.2) is 47.6 Å². The van der Waals surface area contributed by atoms with Gasteiger partial charge in [-0.1, -0.05) is 0 Å². The second kappa shape index (κ2) is 6.85. The van der Waals surface area contributed by atoms with Gasteiger partial charge < -0.3 is 10.4 Å². The van der Waals surface area contributed by atoms with Crippen LogP contribution in [-0.2, 0) is 4.79 Å². The van der Waals surface area contributed by atoms with Crippen LogP contribution in [0.2, 0.25) is 0 Å². The number of rotatable bonds is 5. The lowest BCUT2D eigenvalue weighted by molar-refractivity contribution is -0.113. The fraction of sp³-hybridized carbons (Fsp3) is 0.0714. The van der Waals surface area contributed by atoms with E-state index in [9.17, 15) is 14.0 Å². The Bertz CT molecular complexity index is 665. The summed E-state index contributed by atoms with van der Waals surface area (Å²) >= 11 is 1.29. The molecule has 5 nitrogen and oxygen atoms in total. The average molecular weight is 306 g/mol. The number of aromatic carboxylic acids is 1. The highest BCUT2D eigenvalue weighted by atomic mass is 32.2. The van der Waals surface area contributed by atoms with Crippen LogP contribution in [0.5, 0.6) is 0 Å². The van der Waals surface area contributed by atoms with Crippen molar-refractivity contribution in [1.29, 1.82) is 0 Å². The number of benzene rings is 1. The zero-order valence-electron chi connectivity index (χ0n) is 10.7. The van der Waals surface area contributed by atoms with Gasteiger partial charge in [0.2, 0.25) is 5.91 Å². The summed E-state index contributed by atoms with van der Waals surface area (Å²) in [7, 11) is 0. The van der Waals surface area contributed by atoms with Crippen LogP contribution >= 0.6 is 11.8 Å². The van der Waals surface area contributed by atoms with Gasteiger partial charge in [0.05, 0.1) is 17.0 Å². The molecule has 0 atom stereocenters. The lowest BCUT2D eigenvalue weighted by Gasteiger charge is -2.08. The smallest absolute Gasteiger partial charge is 0.337 e. The van der Waals surface area contributed by atoms with Crippen LogP contribution in [0.1, 0.15) is 10.4 Å². The monoisotopic (exact) mass is 306 g/mol. The first kappa shape index (κ1) is 15.0. The zero-order valence-corrected chi connectivity index (χ0v) is 11.6. The van der Waals surface area contributed by atoms with Crippen molar-refractivity contribution < 1.29 is 19.1 Å². The summed E-state index contributed by atoms with van der Waals surface area (Å²) in [5.41, 5.74) is -0.207. The van der Waals surface area contributed by atoms with Gasteiger partial charge in [0, 0.05) is 17.3 Å². The summed E-state index contributed by atoms with van der Waals surface area (Å²) in [6.07, 6.45) is 3.23. The molecule has 0 unspecified atom stereocenters. The SMILES string of the molecule is O=C(CSc1ccncc1)Nc1ccc(F)cc1C(=O)O. The first-order chi connectivity index (χ1) is 10.1. The topological polar surface area (TPSA) is 79.3 Å². The van der Waals surface area contributed by atoms with Crippen molar-refractivity contribution in [2.24, 2.45) is 0 Å². The maximum absolute atomic E-state index is 13.0. The predicted octanol–water partition coefficient (Wildman–Crippen LogP) is 2.65. The number of thioether (sulfide) groups is 1. The van der Waals surface area contributed by atoms with E-state index in [0.29, 0.717) is 0 Å². The van der Waals surface area contributed by atoms with Crippen LogP contribution < -0.4 is 5.32 Å². The van der Waals surface area contributed by atoms with Gasteiger partial charge in [-0.2, -0.15) is 0 Å². The highest BCUT2D eigenvalue weighted by Gasteiger charge is 2.13. The Morgan fingerprint density at radius 3 is 2.62 bits per heavy atom. The highest BCUT2D eigenvalue weighted by molar-refractivity contribution is 8.00. The fourth-order valence-corrected chi connectivity index (χ4v) is 2.26. The Kier molecular flexibility index (Phi) is 4.89. The number of carbonyl (C=O) groups is 2. The lowest BCUT2D eigenvalue weighted by atomic mass is 10.1. The van der Waals surface area contributed by atoms with Crippen molar-refractivity contribution >= 4 is 29.3 Å². The minimum atomic E-state index is -1.30. The van der Waals surface area contributed by atoms with Crippen molar-refractivity contribution in [3.8, 4) is 0 Å². The summed E-state index contributed by atoms with van der Waals surface area (Å²) in [4.78, 5) is 27.6. The van der Waals surface area contributed by atoms with Gasteiger partial charge in [-0.3, -0.25) is 9.78 Å². The van der Waals surface area contributed by atoms with E-state index in [1.54, 1.807) is 24.5 Å². The summed E-state index contributed by atoms with van der Waals surface area (Å²) < 4.78 is 13.0. The molecule has 0 saturated carbocycles. The Morgan fingerprint density at radius 1 is 1.24 bits per heavy atom. The van der Waals surface area contributed by atoms with Crippen LogP contribution in [0.3, 0.4) is 0 Å². The van der Waals surface area contributed by atoms with Crippen molar-refractivity contribution in [2.75, 3.05) is 11.1 Å². The molecule has 2 N–H and O–H groups in total. The van der Waals surface area contributed by atoms with Gasteiger partial charge in [0.15, 0.2) is 0 Å². The molecule has 0 bridgehead atoms. The molecule has 2 rings (SSSR count). The first-order valence-corrected chi connectivity index (χ1v) is 6.90. The molecule has 21 heavy (non-hydrogen) atoms. The third kappa shape index (κ3) is 4.28. The number of pyridine rings is 1. The summed E-state index contributed by atoms with van der Waals surface area (Å²) in [6, 6.07) is 6.72. The molecule has 0 aliphatic carbocycles. The number of carboxylic acid groups (broad SMARTS) is 1. The highest BCUT2D eigenvalue weighted by Crippen LogP contribution is 2.19. The number of amides is 1. The molecule has 0 fully saturated rings. The van der Waals surface area contributed by atoms with E-state index in [2.05, 4.69) is 10.3 Å². The van der Waals surface area contributed by atoms with E-state index in [4.69, 9.17) is 5.11 Å². The molecule has 0 aliphatic heterocycles. The third-order valence-electron chi connectivity index (χ3n) is 2.51. The van der Waals surface area contributed by atoms with E-state index >= 15 is 0 Å². The van der Waals surface area contributed by atoms with E-state index in [0.717, 1.165) is 17.0 Å². The van der Waals surface area contributed by atoms with Gasteiger partial charge in [-0.05, 0) is 30.3 Å². The number of anilines is 1. The molecule has 7 heteroatoms. The number of nitrogens with one attached hydrogen (secondary N) is 1. The summed E-state index contributed by atoms with van der Waals surface area (Å²) in [5, 5.41) is 11.4. The van der Waals surface area contributed by atoms with Crippen molar-refractivity contribution in [3.05, 3.63) is 54.1 Å². The molecule has 1 heterocycles. The van der Waals surface area contributed by atoms with Gasteiger partial charge in [0.25, 0.3) is 0 Å².